The minimum atomic E-state index is -6.09. The third-order valence-corrected chi connectivity index (χ3v) is 4.50. The van der Waals surface area contributed by atoms with E-state index in [-0.39, 0.29) is 57.2 Å². The molecule has 2 radical (unpaired) electrons. The van der Waals surface area contributed by atoms with E-state index in [0.717, 1.165) is 38.3 Å². The van der Waals surface area contributed by atoms with Crippen LogP contribution in [-0.2, 0) is 64.0 Å². The van der Waals surface area contributed by atoms with Crippen molar-refractivity contribution in [1.29, 1.82) is 0 Å². The fourth-order valence-electron chi connectivity index (χ4n) is 1.37. The van der Waals surface area contributed by atoms with E-state index in [1.165, 1.54) is 27.7 Å². The second kappa shape index (κ2) is 32.9. The molecule has 0 amide bonds. The third-order valence-electron chi connectivity index (χ3n) is 3.37. The molecule has 0 rings (SSSR count). The molecule has 0 aromatic carbocycles. The van der Waals surface area contributed by atoms with Crippen molar-refractivity contribution in [3.05, 3.63) is 23.7 Å². The Morgan fingerprint density at radius 3 is 0.667 bits per heavy atom. The van der Waals surface area contributed by atoms with Gasteiger partial charge in [0.05, 0.1) is 0 Å². The molecule has 0 aliphatic heterocycles. The molecule has 0 saturated heterocycles. The van der Waals surface area contributed by atoms with Crippen molar-refractivity contribution in [3.63, 3.8) is 0 Å². The van der Waals surface area contributed by atoms with Gasteiger partial charge in [0.25, 0.3) is 0 Å². The van der Waals surface area contributed by atoms with E-state index in [2.05, 4.69) is 76.0 Å². The minimum absolute atomic E-state index is 0. The number of allylic oxidation sites excluding steroid dienone is 4. The van der Waals surface area contributed by atoms with Crippen molar-refractivity contribution in [2.45, 2.75) is 38.7 Å². The molecule has 298 valence electrons. The second-order valence-electron chi connectivity index (χ2n) is 9.74. The van der Waals surface area contributed by atoms with Gasteiger partial charge in [-0.2, -0.15) is 26.3 Å². The Hall–Kier alpha value is -1.30. The largest absolute Gasteiger partial charge is 2.00 e. The van der Waals surface area contributed by atoms with Crippen molar-refractivity contribution >= 4 is 31.8 Å². The second-order valence-corrected chi connectivity index (χ2v) is 12.5. The monoisotopic (exact) mass is 854 g/mol. The Morgan fingerprint density at radius 2 is 0.646 bits per heavy atom. The summed E-state index contributed by atoms with van der Waals surface area (Å²) in [4.78, 5) is 28.7. The van der Waals surface area contributed by atoms with Gasteiger partial charge in [-0.05, 0) is 82.4 Å². The summed E-state index contributed by atoms with van der Waals surface area (Å²) in [5.74, 6) is -0.750. The van der Waals surface area contributed by atoms with Crippen molar-refractivity contribution < 1.29 is 106 Å². The van der Waals surface area contributed by atoms with E-state index < -0.39 is 31.3 Å². The maximum absolute atomic E-state index is 10.7. The fraction of sp³-hybridized carbons (Fsp3) is 0.750. The minimum Gasteiger partial charge on any atom is -0.876 e. The average Bonchev–Trinajstić information content (AvgIpc) is 2.74. The van der Waals surface area contributed by atoms with Gasteiger partial charge in [-0.1, -0.05) is 13.8 Å². The normalized spacial score (nSPS) is 11.8. The molecule has 24 heteroatoms. The SMILES string of the molecule is CC(=O)/C=C(/C)[O-].CC(=O)/C=C(/C)[O-].CN(C)CCN(C)C.CN(C)CCN(C)C.O=S(=O)([O-])C(F)(F)F.O=S(=O)([O-])C(F)(F)F.[Cu+2].[Cu+2]. The molecule has 0 heterocycles. The van der Waals surface area contributed by atoms with E-state index >= 15 is 0 Å². The van der Waals surface area contributed by atoms with E-state index in [1.54, 1.807) is 0 Å². The van der Waals surface area contributed by atoms with E-state index in [4.69, 9.17) is 25.9 Å². The van der Waals surface area contributed by atoms with Gasteiger partial charge in [0, 0.05) is 26.2 Å². The molecular formula is C24H46Cu2F6N4O10S2. The van der Waals surface area contributed by atoms with Crippen LogP contribution < -0.4 is 10.2 Å². The molecule has 0 N–H and O–H groups in total. The summed E-state index contributed by atoms with van der Waals surface area (Å²) in [5, 5.41) is 20.0. The molecule has 0 spiro atoms. The first-order valence-corrected chi connectivity index (χ1v) is 15.2. The molecule has 0 saturated carbocycles. The number of hydrogen-bond acceptors (Lipinski definition) is 14. The number of carbonyl (C=O) groups excluding carboxylic acids is 2. The first-order valence-electron chi connectivity index (χ1n) is 12.4. The van der Waals surface area contributed by atoms with Crippen molar-refractivity contribution in [2.75, 3.05) is 82.6 Å². The Balaban J connectivity index is -0.0000000662. The third kappa shape index (κ3) is 70.9. The van der Waals surface area contributed by atoms with E-state index in [9.17, 15) is 46.1 Å². The standard InChI is InChI=1S/2C6H16N2.2C5H8O2.2CHF3O3S.2Cu/c2*1-7(2)5-6-8(3)4;2*1-4(6)3-5(2)7;2*2-1(3,4)8(5,6)7;;/h2*5-6H2,1-4H3;2*3,6H,1-2H3;2*(H,5,6,7);;/q;;;;;;2*+2/p-4/b;;2*4-3-;;;;. The molecule has 0 atom stereocenters. The number of rotatable bonds is 8. The summed E-state index contributed by atoms with van der Waals surface area (Å²) >= 11 is 0. The summed E-state index contributed by atoms with van der Waals surface area (Å²) in [6, 6.07) is 0. The molecule has 0 bridgehead atoms. The number of hydrogen-bond donors (Lipinski definition) is 0. The summed E-state index contributed by atoms with van der Waals surface area (Å²) in [5.41, 5.74) is -11.3. The number of alkyl halides is 6. The first kappa shape index (κ1) is 65.1. The van der Waals surface area contributed by atoms with E-state index in [0.29, 0.717) is 0 Å². The number of carbonyl (C=O) groups is 2. The molecule has 0 aromatic rings. The number of ketones is 2. The van der Waals surface area contributed by atoms with Crippen LogP contribution in [0.15, 0.2) is 23.7 Å². The fourth-order valence-corrected chi connectivity index (χ4v) is 1.37. The smallest absolute Gasteiger partial charge is 0.876 e. The molecule has 48 heavy (non-hydrogen) atoms. The van der Waals surface area contributed by atoms with Gasteiger partial charge in [0.15, 0.2) is 31.8 Å². The van der Waals surface area contributed by atoms with Crippen LogP contribution in [0.4, 0.5) is 26.3 Å². The average molecular weight is 856 g/mol. The number of nitrogens with zero attached hydrogens (tertiary/aromatic N) is 4. The van der Waals surface area contributed by atoms with Gasteiger partial charge in [-0.25, -0.2) is 16.8 Å². The quantitative estimate of drug-likeness (QED) is 0.0787. The zero-order chi connectivity index (χ0) is 38.9. The van der Waals surface area contributed by atoms with Crippen LogP contribution in [0.3, 0.4) is 0 Å². The zero-order valence-corrected chi connectivity index (χ0v) is 32.1. The van der Waals surface area contributed by atoms with Gasteiger partial charge >= 0.3 is 45.2 Å². The zero-order valence-electron chi connectivity index (χ0n) is 28.5. The van der Waals surface area contributed by atoms with Gasteiger partial charge in [-0.3, -0.25) is 9.59 Å². The van der Waals surface area contributed by atoms with Crippen LogP contribution in [0.1, 0.15) is 27.7 Å². The number of likely N-dealkylation sites (N-methyl/N-ethyl adjacent to an activating group) is 4. The van der Waals surface area contributed by atoms with Crippen molar-refractivity contribution in [3.8, 4) is 0 Å². The number of halogens is 6. The first-order chi connectivity index (χ1) is 20.0. The Labute approximate surface area is 301 Å². The van der Waals surface area contributed by atoms with Crippen LogP contribution in [-0.4, -0.2) is 151 Å². The maximum Gasteiger partial charge on any atom is 2.00 e. The van der Waals surface area contributed by atoms with Crippen molar-refractivity contribution in [2.24, 2.45) is 0 Å². The molecule has 0 aliphatic rings. The van der Waals surface area contributed by atoms with Gasteiger partial charge in [0.1, 0.15) is 0 Å². The molecule has 0 unspecified atom stereocenters. The van der Waals surface area contributed by atoms with Crippen LogP contribution in [0.5, 0.6) is 0 Å². The predicted molar refractivity (Wildman–Crippen MR) is 155 cm³/mol. The molecule has 14 nitrogen and oxygen atoms in total. The van der Waals surface area contributed by atoms with Crippen LogP contribution in [0.25, 0.3) is 0 Å². The molecule has 0 aliphatic carbocycles. The summed E-state index contributed by atoms with van der Waals surface area (Å²) in [6.45, 7) is 9.98. The van der Waals surface area contributed by atoms with Crippen molar-refractivity contribution in [1.82, 2.24) is 19.6 Å². The van der Waals surface area contributed by atoms with Gasteiger partial charge in [0.2, 0.25) is 0 Å². The Kier molecular flexibility index (Phi) is 44.6. The van der Waals surface area contributed by atoms with Gasteiger partial charge in [-0.15, -0.1) is 11.5 Å². The Morgan fingerprint density at radius 1 is 0.521 bits per heavy atom. The van der Waals surface area contributed by atoms with Gasteiger partial charge < -0.3 is 38.9 Å². The maximum atomic E-state index is 10.7. The van der Waals surface area contributed by atoms with Crippen LogP contribution in [0, 0.1) is 0 Å². The Bertz CT molecular complexity index is 994. The molecule has 0 aromatic heterocycles. The topological polar surface area (TPSA) is 208 Å². The predicted octanol–water partition coefficient (Wildman–Crippen LogP) is -0.00400. The molecule has 0 fully saturated rings. The molecular weight excluding hydrogens is 809 g/mol. The summed E-state index contributed by atoms with van der Waals surface area (Å²) in [6.07, 6.45) is 2.11. The summed E-state index contributed by atoms with van der Waals surface area (Å²) < 4.78 is 118. The summed E-state index contributed by atoms with van der Waals surface area (Å²) in [7, 11) is 4.51. The van der Waals surface area contributed by atoms with E-state index in [1.807, 2.05) is 0 Å². The van der Waals surface area contributed by atoms with Crippen LogP contribution in [0.2, 0.25) is 0 Å². The van der Waals surface area contributed by atoms with Crippen LogP contribution >= 0.6 is 0 Å².